The summed E-state index contributed by atoms with van der Waals surface area (Å²) in [5.74, 6) is 0.805. The monoisotopic (exact) mass is 646 g/mol. The minimum Gasteiger partial charge on any atom is -0.443 e. The van der Waals surface area contributed by atoms with Crippen LogP contribution in [0, 0.1) is 11.3 Å². The molecule has 1 N–H and O–H groups in total. The molecule has 1 amide bonds. The third kappa shape index (κ3) is 7.01. The number of hydrogen-bond donors (Lipinski definition) is 1. The van der Waals surface area contributed by atoms with Crippen LogP contribution in [0.4, 0.5) is 22.1 Å². The topological polar surface area (TPSA) is 113 Å². The first-order valence-electron chi connectivity index (χ1n) is 15.4. The van der Waals surface area contributed by atoms with Crippen molar-refractivity contribution in [2.24, 2.45) is 0 Å². The van der Waals surface area contributed by atoms with E-state index in [1.807, 2.05) is 39.0 Å². The average molecular weight is 647 g/mol. The maximum Gasteiger partial charge on any atom is 0.414 e. The first kappa shape index (κ1) is 32.9. The summed E-state index contributed by atoms with van der Waals surface area (Å²) in [6.07, 6.45) is 5.05. The van der Waals surface area contributed by atoms with Crippen LogP contribution in [0.15, 0.2) is 36.7 Å². The Morgan fingerprint density at radius 2 is 1.89 bits per heavy atom. The van der Waals surface area contributed by atoms with E-state index in [1.54, 1.807) is 23.4 Å². The predicted octanol–water partition coefficient (Wildman–Crippen LogP) is 8.72. The van der Waals surface area contributed by atoms with Crippen LogP contribution >= 0.6 is 11.6 Å². The summed E-state index contributed by atoms with van der Waals surface area (Å²) in [7, 11) is -2.13. The van der Waals surface area contributed by atoms with Gasteiger partial charge in [0, 0.05) is 42.4 Å². The van der Waals surface area contributed by atoms with Crippen LogP contribution in [0.3, 0.4) is 0 Å². The van der Waals surface area contributed by atoms with Crippen LogP contribution in [0.2, 0.25) is 23.2 Å². The molecule has 5 rings (SSSR count). The quantitative estimate of drug-likeness (QED) is 0.254. The highest BCUT2D eigenvalue weighted by Gasteiger charge is 2.47. The first-order valence-corrected chi connectivity index (χ1v) is 18.7. The van der Waals surface area contributed by atoms with Crippen molar-refractivity contribution >= 4 is 43.3 Å². The van der Waals surface area contributed by atoms with Crippen molar-refractivity contribution in [3.05, 3.63) is 58.5 Å². The smallest absolute Gasteiger partial charge is 0.414 e. The van der Waals surface area contributed by atoms with Crippen LogP contribution < -0.4 is 10.2 Å². The predicted molar refractivity (Wildman–Crippen MR) is 181 cm³/mol. The number of carbonyl (C=O) groups is 1. The molecule has 2 aromatic heterocycles. The average Bonchev–Trinajstić information content (AvgIpc) is 3.74. The molecule has 1 aliphatic carbocycles. The summed E-state index contributed by atoms with van der Waals surface area (Å²) in [5, 5.41) is 14.2. The molecular weight excluding hydrogens is 604 g/mol. The van der Waals surface area contributed by atoms with Crippen molar-refractivity contribution in [1.82, 2.24) is 15.0 Å². The molecule has 1 atom stereocenters. The Morgan fingerprint density at radius 3 is 2.51 bits per heavy atom. The number of fused-ring (bicyclic) bond motifs is 1. The van der Waals surface area contributed by atoms with Crippen LogP contribution in [0.25, 0.3) is 11.3 Å². The van der Waals surface area contributed by atoms with Crippen molar-refractivity contribution in [3.8, 4) is 17.3 Å². The number of benzene rings is 1. The Hall–Kier alpha value is -3.52. The molecule has 9 nitrogen and oxygen atoms in total. The van der Waals surface area contributed by atoms with Gasteiger partial charge in [0.2, 0.25) is 5.95 Å². The lowest BCUT2D eigenvalue weighted by Gasteiger charge is -2.39. The fraction of sp³-hybridized carbons (Fsp3) is 0.500. The second kappa shape index (κ2) is 11.7. The van der Waals surface area contributed by atoms with Gasteiger partial charge in [-0.2, -0.15) is 5.26 Å². The highest BCUT2D eigenvalue weighted by molar-refractivity contribution is 6.74. The van der Waals surface area contributed by atoms with Crippen molar-refractivity contribution in [3.63, 3.8) is 0 Å². The van der Waals surface area contributed by atoms with Gasteiger partial charge in [0.15, 0.2) is 8.32 Å². The van der Waals surface area contributed by atoms with Gasteiger partial charge in [-0.05, 0) is 81.6 Å². The number of nitriles is 1. The number of nitrogens with zero attached hydrogens (tertiary/aromatic N) is 5. The van der Waals surface area contributed by atoms with Crippen molar-refractivity contribution < 1.29 is 14.0 Å². The molecule has 0 spiro atoms. The number of rotatable bonds is 7. The standard InChI is InChI=1S/C34H43ClN6O3Si/c1-32(2,3)44-31(42)41-19-34(7,20-43-45(8,9)33(4,5)6)25-15-22(14-23(17-36)29(25)41)26-12-13-37-30(39-26)40-27-16-24(35)18-38-28(27)21-10-11-21/h12-16,18,21H,10-11,19-20H2,1-9H3,(H,37,39,40)/t34-/m1/s1. The zero-order valence-corrected chi connectivity index (χ0v) is 29.5. The van der Waals surface area contributed by atoms with E-state index >= 15 is 0 Å². The molecule has 11 heteroatoms. The number of halogens is 1. The molecule has 0 unspecified atom stereocenters. The van der Waals surface area contributed by atoms with E-state index in [9.17, 15) is 10.1 Å². The number of nitrogens with one attached hydrogen (secondary N) is 1. The molecule has 0 saturated heterocycles. The SMILES string of the molecule is CC(C)(C)OC(=O)N1C[C@](C)(CO[Si](C)(C)C(C)(C)C)c2cc(-c3ccnc(Nc4cc(Cl)cnc4C4CC4)n3)cc(C#N)c21. The largest absolute Gasteiger partial charge is 0.443 e. The molecule has 3 aromatic rings. The number of amides is 1. The summed E-state index contributed by atoms with van der Waals surface area (Å²) in [6, 6.07) is 9.81. The second-order valence-corrected chi connectivity index (χ2v) is 20.2. The Morgan fingerprint density at radius 1 is 1.18 bits per heavy atom. The molecule has 3 heterocycles. The number of anilines is 3. The van der Waals surface area contributed by atoms with Crippen LogP contribution in [-0.2, 0) is 14.6 Å². The van der Waals surface area contributed by atoms with Gasteiger partial charge >= 0.3 is 6.09 Å². The Labute approximate surface area is 272 Å². The van der Waals surface area contributed by atoms with E-state index < -0.39 is 25.4 Å². The van der Waals surface area contributed by atoms with E-state index in [1.165, 1.54) is 0 Å². The summed E-state index contributed by atoms with van der Waals surface area (Å²) >= 11 is 6.28. The summed E-state index contributed by atoms with van der Waals surface area (Å²) in [6.45, 7) is 19.4. The number of pyridine rings is 1. The van der Waals surface area contributed by atoms with E-state index in [2.05, 4.69) is 62.1 Å². The van der Waals surface area contributed by atoms with Crippen molar-refractivity contribution in [2.75, 3.05) is 23.4 Å². The zero-order chi connectivity index (χ0) is 32.9. The normalized spacial score (nSPS) is 18.4. The number of hydrogen-bond acceptors (Lipinski definition) is 8. The number of carbonyl (C=O) groups excluding carboxylic acids is 1. The van der Waals surface area contributed by atoms with Crippen molar-refractivity contribution in [2.45, 2.75) is 96.4 Å². The Kier molecular flexibility index (Phi) is 8.53. The van der Waals surface area contributed by atoms with E-state index in [4.69, 9.17) is 25.7 Å². The van der Waals surface area contributed by atoms with Crippen molar-refractivity contribution in [1.29, 1.82) is 5.26 Å². The first-order chi connectivity index (χ1) is 20.9. The summed E-state index contributed by atoms with van der Waals surface area (Å²) in [4.78, 5) is 29.0. The molecule has 0 bridgehead atoms. The van der Waals surface area contributed by atoms with Gasteiger partial charge in [0.05, 0.1) is 33.3 Å². The van der Waals surface area contributed by atoms with E-state index in [0.29, 0.717) is 47.0 Å². The second-order valence-electron chi connectivity index (χ2n) is 15.0. The lowest BCUT2D eigenvalue weighted by Crippen LogP contribution is -2.46. The minimum atomic E-state index is -2.13. The molecule has 45 heavy (non-hydrogen) atoms. The van der Waals surface area contributed by atoms with Gasteiger partial charge in [-0.25, -0.2) is 14.8 Å². The Balaban J connectivity index is 1.56. The highest BCUT2D eigenvalue weighted by Crippen LogP contribution is 2.47. The fourth-order valence-electron chi connectivity index (χ4n) is 5.22. The minimum absolute atomic E-state index is 0.0115. The highest BCUT2D eigenvalue weighted by atomic mass is 35.5. The third-order valence-electron chi connectivity index (χ3n) is 8.88. The molecule has 238 valence electrons. The Bertz CT molecular complexity index is 1670. The number of ether oxygens (including phenoxy) is 1. The molecule has 1 fully saturated rings. The van der Waals surface area contributed by atoms with E-state index in [-0.39, 0.29) is 5.04 Å². The molecule has 0 radical (unpaired) electrons. The lowest BCUT2D eigenvalue weighted by atomic mass is 9.83. The maximum atomic E-state index is 13.5. The van der Waals surface area contributed by atoms with Gasteiger partial charge < -0.3 is 14.5 Å². The van der Waals surface area contributed by atoms with Gasteiger partial charge in [-0.15, -0.1) is 0 Å². The molecule has 1 aromatic carbocycles. The van der Waals surface area contributed by atoms with Gasteiger partial charge in [-0.3, -0.25) is 9.88 Å². The van der Waals surface area contributed by atoms with Gasteiger partial charge in [-0.1, -0.05) is 39.3 Å². The zero-order valence-electron chi connectivity index (χ0n) is 27.7. The molecule has 1 aliphatic heterocycles. The lowest BCUT2D eigenvalue weighted by molar-refractivity contribution is 0.0575. The van der Waals surface area contributed by atoms with Gasteiger partial charge in [0.25, 0.3) is 0 Å². The van der Waals surface area contributed by atoms with E-state index in [0.717, 1.165) is 35.3 Å². The van der Waals surface area contributed by atoms with Crippen LogP contribution in [0.1, 0.15) is 84.0 Å². The summed E-state index contributed by atoms with van der Waals surface area (Å²) in [5.41, 5.74) is 3.62. The van der Waals surface area contributed by atoms with Gasteiger partial charge in [0.1, 0.15) is 11.7 Å². The van der Waals surface area contributed by atoms with Crippen LogP contribution in [0.5, 0.6) is 0 Å². The van der Waals surface area contributed by atoms with Crippen LogP contribution in [-0.4, -0.2) is 48.1 Å². The number of aromatic nitrogens is 3. The summed E-state index contributed by atoms with van der Waals surface area (Å²) < 4.78 is 12.5. The maximum absolute atomic E-state index is 13.5. The molecule has 2 aliphatic rings. The fourth-order valence-corrected chi connectivity index (χ4v) is 6.49. The third-order valence-corrected chi connectivity index (χ3v) is 13.6. The molecular formula is C34H43ClN6O3Si. The molecule has 1 saturated carbocycles.